The van der Waals surface area contributed by atoms with Gasteiger partial charge >= 0.3 is 0 Å². The van der Waals surface area contributed by atoms with Crippen molar-refractivity contribution in [1.82, 2.24) is 10.3 Å². The number of carbonyl (C=O) groups excluding carboxylic acids is 1. The number of fused-ring (bicyclic) bond motifs is 2. The first kappa shape index (κ1) is 21.6. The highest BCUT2D eigenvalue weighted by molar-refractivity contribution is 5.79. The van der Waals surface area contributed by atoms with Crippen LogP contribution in [-0.4, -0.2) is 37.2 Å². The molecule has 2 aliphatic heterocycles. The van der Waals surface area contributed by atoms with E-state index in [-0.39, 0.29) is 23.8 Å². The van der Waals surface area contributed by atoms with E-state index in [0.29, 0.717) is 19.2 Å². The fourth-order valence-corrected chi connectivity index (χ4v) is 4.61. The van der Waals surface area contributed by atoms with Crippen LogP contribution in [-0.2, 0) is 4.79 Å². The highest BCUT2D eigenvalue weighted by atomic mass is 16.5. The number of amides is 1. The van der Waals surface area contributed by atoms with Crippen LogP contribution >= 0.6 is 0 Å². The number of piperidine rings is 1. The molecule has 3 heterocycles. The quantitative estimate of drug-likeness (QED) is 0.607. The van der Waals surface area contributed by atoms with Crippen LogP contribution in [0.5, 0.6) is 11.5 Å². The third-order valence-corrected chi connectivity index (χ3v) is 6.51. The van der Waals surface area contributed by atoms with Gasteiger partial charge in [-0.2, -0.15) is 4.98 Å². The minimum atomic E-state index is -0.0790. The molecule has 1 aromatic heterocycles. The molecule has 2 aliphatic rings. The van der Waals surface area contributed by atoms with Crippen LogP contribution in [0, 0.1) is 11.8 Å². The summed E-state index contributed by atoms with van der Waals surface area (Å²) >= 11 is 0. The molecule has 0 saturated carbocycles. The van der Waals surface area contributed by atoms with Gasteiger partial charge in [0.15, 0.2) is 17.1 Å². The summed E-state index contributed by atoms with van der Waals surface area (Å²) in [6.07, 6.45) is 2.42. The van der Waals surface area contributed by atoms with Crippen molar-refractivity contribution in [2.24, 2.45) is 11.8 Å². The summed E-state index contributed by atoms with van der Waals surface area (Å²) in [6.45, 7) is 7.07. The van der Waals surface area contributed by atoms with Crippen molar-refractivity contribution in [2.75, 3.05) is 31.2 Å². The van der Waals surface area contributed by atoms with Crippen molar-refractivity contribution in [3.05, 3.63) is 48.0 Å². The Morgan fingerprint density at radius 3 is 2.58 bits per heavy atom. The largest absolute Gasteiger partial charge is 0.490 e. The van der Waals surface area contributed by atoms with Crippen LogP contribution < -0.4 is 19.7 Å². The Balaban J connectivity index is 1.23. The Morgan fingerprint density at radius 2 is 1.82 bits per heavy atom. The zero-order valence-electron chi connectivity index (χ0n) is 19.3. The number of carbonyl (C=O) groups is 1. The monoisotopic (exact) mass is 449 g/mol. The molecule has 1 atom stereocenters. The average molecular weight is 450 g/mol. The van der Waals surface area contributed by atoms with Gasteiger partial charge in [0, 0.05) is 25.4 Å². The van der Waals surface area contributed by atoms with Gasteiger partial charge in [0.25, 0.3) is 6.01 Å². The lowest BCUT2D eigenvalue weighted by Crippen LogP contribution is -2.42. The molecule has 7 heteroatoms. The van der Waals surface area contributed by atoms with Gasteiger partial charge in [-0.15, -0.1) is 0 Å². The lowest BCUT2D eigenvalue weighted by molar-refractivity contribution is -0.126. The summed E-state index contributed by atoms with van der Waals surface area (Å²) in [7, 11) is 0. The van der Waals surface area contributed by atoms with Gasteiger partial charge in [0.1, 0.15) is 5.52 Å². The second-order valence-corrected chi connectivity index (χ2v) is 9.21. The van der Waals surface area contributed by atoms with E-state index in [1.807, 2.05) is 42.5 Å². The number of hydrogen-bond donors (Lipinski definition) is 1. The first-order valence-corrected chi connectivity index (χ1v) is 11.9. The Bertz CT molecular complexity index is 1080. The second-order valence-electron chi connectivity index (χ2n) is 9.21. The molecular formula is C26H31N3O4. The van der Waals surface area contributed by atoms with E-state index >= 15 is 0 Å². The lowest BCUT2D eigenvalue weighted by Gasteiger charge is -2.32. The molecule has 1 N–H and O–H groups in total. The third-order valence-electron chi connectivity index (χ3n) is 6.51. The molecule has 1 fully saturated rings. The van der Waals surface area contributed by atoms with E-state index in [4.69, 9.17) is 13.9 Å². The fraction of sp³-hybridized carbons (Fsp3) is 0.462. The van der Waals surface area contributed by atoms with Crippen LogP contribution in [0.1, 0.15) is 44.7 Å². The van der Waals surface area contributed by atoms with Crippen molar-refractivity contribution in [3.8, 4) is 11.5 Å². The first-order valence-electron chi connectivity index (χ1n) is 11.9. The zero-order valence-corrected chi connectivity index (χ0v) is 19.3. The molecule has 7 nitrogen and oxygen atoms in total. The molecule has 3 aromatic rings. The van der Waals surface area contributed by atoms with Crippen LogP contribution in [0.4, 0.5) is 6.01 Å². The number of rotatable bonds is 5. The minimum Gasteiger partial charge on any atom is -0.490 e. The van der Waals surface area contributed by atoms with E-state index in [1.165, 1.54) is 0 Å². The van der Waals surface area contributed by atoms with Crippen LogP contribution in [0.2, 0.25) is 0 Å². The van der Waals surface area contributed by atoms with Gasteiger partial charge in [-0.1, -0.05) is 32.0 Å². The van der Waals surface area contributed by atoms with Gasteiger partial charge < -0.3 is 24.1 Å². The molecule has 1 saturated heterocycles. The molecule has 33 heavy (non-hydrogen) atoms. The van der Waals surface area contributed by atoms with Crippen LogP contribution in [0.15, 0.2) is 46.9 Å². The van der Waals surface area contributed by atoms with E-state index in [2.05, 4.69) is 29.0 Å². The molecule has 1 unspecified atom stereocenters. The molecule has 0 radical (unpaired) electrons. The van der Waals surface area contributed by atoms with E-state index in [0.717, 1.165) is 60.5 Å². The molecular weight excluding hydrogens is 418 g/mol. The van der Waals surface area contributed by atoms with Gasteiger partial charge in [-0.05, 0) is 48.6 Å². The summed E-state index contributed by atoms with van der Waals surface area (Å²) in [5.74, 6) is 1.87. The third kappa shape index (κ3) is 4.63. The Labute approximate surface area is 194 Å². The van der Waals surface area contributed by atoms with Crippen molar-refractivity contribution in [2.45, 2.75) is 39.2 Å². The lowest BCUT2D eigenvalue weighted by atomic mass is 9.92. The molecule has 0 bridgehead atoms. The Hall–Kier alpha value is -3.22. The number of ether oxygens (including phenoxy) is 2. The van der Waals surface area contributed by atoms with E-state index in [1.54, 1.807) is 0 Å². The number of para-hydroxylation sites is 2. The molecule has 0 aliphatic carbocycles. The summed E-state index contributed by atoms with van der Waals surface area (Å²) < 4.78 is 17.5. The zero-order chi connectivity index (χ0) is 22.8. The predicted octanol–water partition coefficient (Wildman–Crippen LogP) is 4.72. The van der Waals surface area contributed by atoms with E-state index < -0.39 is 0 Å². The molecule has 5 rings (SSSR count). The summed E-state index contributed by atoms with van der Waals surface area (Å²) in [4.78, 5) is 19.9. The highest BCUT2D eigenvalue weighted by Gasteiger charge is 2.30. The number of benzene rings is 2. The van der Waals surface area contributed by atoms with Crippen LogP contribution in [0.3, 0.4) is 0 Å². The maximum absolute atomic E-state index is 13.2. The Morgan fingerprint density at radius 1 is 1.06 bits per heavy atom. The smallest absolute Gasteiger partial charge is 0.298 e. The fourth-order valence-electron chi connectivity index (χ4n) is 4.61. The maximum Gasteiger partial charge on any atom is 0.298 e. The minimum absolute atomic E-state index is 0.0210. The number of hydrogen-bond acceptors (Lipinski definition) is 6. The van der Waals surface area contributed by atoms with Crippen molar-refractivity contribution in [3.63, 3.8) is 0 Å². The summed E-state index contributed by atoms with van der Waals surface area (Å²) in [6, 6.07) is 14.4. The van der Waals surface area contributed by atoms with Crippen LogP contribution in [0.25, 0.3) is 11.1 Å². The molecule has 1 amide bonds. The topological polar surface area (TPSA) is 76.8 Å². The van der Waals surface area contributed by atoms with Gasteiger partial charge in [-0.3, -0.25) is 4.79 Å². The van der Waals surface area contributed by atoms with Crippen molar-refractivity contribution >= 4 is 23.0 Å². The summed E-state index contributed by atoms with van der Waals surface area (Å²) in [5, 5.41) is 3.31. The maximum atomic E-state index is 13.2. The van der Waals surface area contributed by atoms with Gasteiger partial charge in [-0.25, -0.2) is 0 Å². The number of nitrogens with one attached hydrogen (secondary N) is 1. The number of nitrogens with zero attached hydrogens (tertiary/aromatic N) is 2. The van der Waals surface area contributed by atoms with Crippen molar-refractivity contribution < 1.29 is 18.7 Å². The molecule has 0 spiro atoms. The Kier molecular flexibility index (Phi) is 6.11. The normalized spacial score (nSPS) is 17.7. The van der Waals surface area contributed by atoms with Gasteiger partial charge in [0.05, 0.1) is 19.3 Å². The number of anilines is 1. The molecule has 174 valence electrons. The number of aromatic nitrogens is 1. The molecule has 2 aromatic carbocycles. The van der Waals surface area contributed by atoms with Gasteiger partial charge in [0.2, 0.25) is 5.91 Å². The number of oxazole rings is 1. The van der Waals surface area contributed by atoms with Crippen molar-refractivity contribution in [1.29, 1.82) is 0 Å². The SMILES string of the molecule is CC(C)C(NC(=O)C1CCN(c2nc3ccccc3o2)CC1)c1ccc2c(c1)OCCCO2. The first-order chi connectivity index (χ1) is 16.1. The second kappa shape index (κ2) is 9.33. The average Bonchev–Trinajstić information content (AvgIpc) is 3.13. The standard InChI is InChI=1S/C26H31N3O4/c1-17(2)24(19-8-9-22-23(16-19)32-15-5-14-31-22)28-25(30)18-10-12-29(13-11-18)26-27-20-6-3-4-7-21(20)33-26/h3-4,6-9,16-18,24H,5,10-15H2,1-2H3,(H,28,30). The predicted molar refractivity (Wildman–Crippen MR) is 127 cm³/mol. The van der Waals surface area contributed by atoms with E-state index in [9.17, 15) is 4.79 Å². The summed E-state index contributed by atoms with van der Waals surface area (Å²) in [5.41, 5.74) is 2.70. The highest BCUT2D eigenvalue weighted by Crippen LogP contribution is 2.34.